The van der Waals surface area contributed by atoms with E-state index in [2.05, 4.69) is 4.90 Å². The van der Waals surface area contributed by atoms with Crippen molar-refractivity contribution < 1.29 is 29.1 Å². The van der Waals surface area contributed by atoms with Gasteiger partial charge in [-0.2, -0.15) is 0 Å². The first-order chi connectivity index (χ1) is 16.9. The lowest BCUT2D eigenvalue weighted by atomic mass is 9.95. The molecule has 35 heavy (non-hydrogen) atoms. The minimum Gasteiger partial charge on any atom is -0.507 e. The van der Waals surface area contributed by atoms with Gasteiger partial charge in [0.25, 0.3) is 17.4 Å². The Hall–Kier alpha value is -3.76. The van der Waals surface area contributed by atoms with Crippen molar-refractivity contribution in [1.29, 1.82) is 0 Å². The first-order valence-electron chi connectivity index (χ1n) is 11.4. The number of likely N-dealkylation sites (tertiary alicyclic amines) is 1. The van der Waals surface area contributed by atoms with Gasteiger partial charge in [0.2, 0.25) is 0 Å². The Balaban J connectivity index is 1.68. The van der Waals surface area contributed by atoms with Crippen molar-refractivity contribution in [3.05, 3.63) is 75.3 Å². The molecule has 1 atom stereocenters. The second kappa shape index (κ2) is 10.7. The van der Waals surface area contributed by atoms with Crippen LogP contribution in [0.4, 0.5) is 5.69 Å². The van der Waals surface area contributed by atoms with Crippen molar-refractivity contribution in [3.8, 4) is 5.75 Å². The van der Waals surface area contributed by atoms with Gasteiger partial charge < -0.3 is 19.5 Å². The van der Waals surface area contributed by atoms with Gasteiger partial charge >= 0.3 is 0 Å². The van der Waals surface area contributed by atoms with E-state index in [4.69, 9.17) is 9.47 Å². The van der Waals surface area contributed by atoms with Crippen LogP contribution in [0.25, 0.3) is 5.76 Å². The fourth-order valence-corrected chi connectivity index (χ4v) is 4.43. The fraction of sp³-hybridized carbons (Fsp3) is 0.360. The molecule has 1 N–H and O–H groups in total. The summed E-state index contributed by atoms with van der Waals surface area (Å²) in [4.78, 5) is 40.5. The zero-order chi connectivity index (χ0) is 24.9. The van der Waals surface area contributed by atoms with E-state index >= 15 is 0 Å². The highest BCUT2D eigenvalue weighted by Gasteiger charge is 2.45. The van der Waals surface area contributed by atoms with Gasteiger partial charge in [-0.15, -0.1) is 0 Å². The Labute approximate surface area is 202 Å². The molecule has 2 heterocycles. The summed E-state index contributed by atoms with van der Waals surface area (Å²) in [7, 11) is 1.52. The van der Waals surface area contributed by atoms with E-state index in [0.717, 1.165) is 19.6 Å². The van der Waals surface area contributed by atoms with Gasteiger partial charge in [0.15, 0.2) is 0 Å². The summed E-state index contributed by atoms with van der Waals surface area (Å²) in [6.07, 6.45) is 0.624. The number of nitro benzene ring substituents is 1. The zero-order valence-corrected chi connectivity index (χ0v) is 19.4. The molecule has 1 amide bonds. The van der Waals surface area contributed by atoms with Gasteiger partial charge in [-0.05, 0) is 48.4 Å². The third kappa shape index (κ3) is 5.18. The number of hydrogen-bond acceptors (Lipinski definition) is 8. The van der Waals surface area contributed by atoms with Gasteiger partial charge in [-0.25, -0.2) is 0 Å². The second-order valence-electron chi connectivity index (χ2n) is 8.38. The molecule has 2 fully saturated rings. The first kappa shape index (κ1) is 24.4. The predicted molar refractivity (Wildman–Crippen MR) is 127 cm³/mol. The van der Waals surface area contributed by atoms with Gasteiger partial charge in [0, 0.05) is 43.9 Å². The standard InChI is InChI=1S/C25H27N3O7/c1-34-20-9-5-18(6-10-20)23(29)21-22(17-3-7-19(8-4-17)28(32)33)27(25(31)24(21)30)12-2-11-26-13-15-35-16-14-26/h3-10,22,29H,2,11-16H2,1H3/b23-21-. The third-order valence-corrected chi connectivity index (χ3v) is 6.30. The molecule has 2 aromatic rings. The Kier molecular flexibility index (Phi) is 7.42. The number of rotatable bonds is 8. The van der Waals surface area contributed by atoms with Crippen LogP contribution >= 0.6 is 0 Å². The maximum Gasteiger partial charge on any atom is 0.295 e. The number of aliphatic hydroxyl groups excluding tert-OH is 1. The summed E-state index contributed by atoms with van der Waals surface area (Å²) in [5.74, 6) is -1.21. The van der Waals surface area contributed by atoms with Gasteiger partial charge in [0.1, 0.15) is 11.5 Å². The largest absolute Gasteiger partial charge is 0.507 e. The maximum absolute atomic E-state index is 13.1. The molecule has 0 bridgehead atoms. The van der Waals surface area contributed by atoms with Crippen molar-refractivity contribution in [3.63, 3.8) is 0 Å². The summed E-state index contributed by atoms with van der Waals surface area (Å²) in [5, 5.41) is 22.2. The van der Waals surface area contributed by atoms with E-state index in [9.17, 15) is 24.8 Å². The number of nitro groups is 1. The van der Waals surface area contributed by atoms with Crippen molar-refractivity contribution in [1.82, 2.24) is 9.80 Å². The molecule has 2 aliphatic rings. The number of non-ortho nitro benzene ring substituents is 1. The molecule has 0 saturated carbocycles. The number of ether oxygens (including phenoxy) is 2. The second-order valence-corrected chi connectivity index (χ2v) is 8.38. The average Bonchev–Trinajstić information content (AvgIpc) is 3.14. The van der Waals surface area contributed by atoms with Gasteiger partial charge in [0.05, 0.1) is 36.9 Å². The molecule has 0 radical (unpaired) electrons. The number of methoxy groups -OCH3 is 1. The van der Waals surface area contributed by atoms with Crippen LogP contribution in [0.1, 0.15) is 23.6 Å². The Bertz CT molecular complexity index is 1120. The molecular formula is C25H27N3O7. The summed E-state index contributed by atoms with van der Waals surface area (Å²) in [6.45, 7) is 3.97. The predicted octanol–water partition coefficient (Wildman–Crippen LogP) is 2.75. The highest BCUT2D eigenvalue weighted by atomic mass is 16.6. The molecule has 2 aliphatic heterocycles. The van der Waals surface area contributed by atoms with Crippen LogP contribution in [0.15, 0.2) is 54.1 Å². The van der Waals surface area contributed by atoms with Gasteiger partial charge in [-0.1, -0.05) is 0 Å². The van der Waals surface area contributed by atoms with Crippen molar-refractivity contribution in [2.24, 2.45) is 0 Å². The summed E-state index contributed by atoms with van der Waals surface area (Å²) >= 11 is 0. The monoisotopic (exact) mass is 481 g/mol. The molecule has 4 rings (SSSR count). The Morgan fingerprint density at radius 3 is 2.34 bits per heavy atom. The van der Waals surface area contributed by atoms with Crippen LogP contribution in [0.2, 0.25) is 0 Å². The quantitative estimate of drug-likeness (QED) is 0.201. The Morgan fingerprint density at radius 2 is 1.74 bits per heavy atom. The van der Waals surface area contributed by atoms with E-state index in [1.54, 1.807) is 24.3 Å². The smallest absolute Gasteiger partial charge is 0.295 e. The van der Waals surface area contributed by atoms with E-state index in [1.165, 1.54) is 36.3 Å². The van der Waals surface area contributed by atoms with Crippen LogP contribution < -0.4 is 4.74 Å². The number of Topliss-reactive ketones (excluding diaryl/α,β-unsaturated/α-hetero) is 1. The lowest BCUT2D eigenvalue weighted by Crippen LogP contribution is -2.38. The topological polar surface area (TPSA) is 122 Å². The number of ketones is 1. The van der Waals surface area contributed by atoms with Crippen molar-refractivity contribution >= 4 is 23.1 Å². The summed E-state index contributed by atoms with van der Waals surface area (Å²) in [6, 6.07) is 11.3. The number of carbonyl (C=O) groups is 2. The molecule has 0 spiro atoms. The molecule has 0 aliphatic carbocycles. The number of carbonyl (C=O) groups excluding carboxylic acids is 2. The summed E-state index contributed by atoms with van der Waals surface area (Å²) in [5.41, 5.74) is 0.730. The van der Waals surface area contributed by atoms with Crippen LogP contribution in [0, 0.1) is 10.1 Å². The molecular weight excluding hydrogens is 454 g/mol. The SMILES string of the molecule is COc1ccc(/C(O)=C2/C(=O)C(=O)N(CCCN3CCOCC3)C2c2ccc([N+](=O)[O-])cc2)cc1. The lowest BCUT2D eigenvalue weighted by molar-refractivity contribution is -0.384. The third-order valence-electron chi connectivity index (χ3n) is 6.30. The highest BCUT2D eigenvalue weighted by molar-refractivity contribution is 6.46. The van der Waals surface area contributed by atoms with Crippen molar-refractivity contribution in [2.45, 2.75) is 12.5 Å². The number of nitrogens with zero attached hydrogens (tertiary/aromatic N) is 3. The van der Waals surface area contributed by atoms with Crippen LogP contribution in [-0.4, -0.2) is 78.0 Å². The van der Waals surface area contributed by atoms with Crippen LogP contribution in [-0.2, 0) is 14.3 Å². The minimum absolute atomic E-state index is 0.0413. The fourth-order valence-electron chi connectivity index (χ4n) is 4.43. The number of aliphatic hydroxyl groups is 1. The van der Waals surface area contributed by atoms with Gasteiger partial charge in [-0.3, -0.25) is 24.6 Å². The van der Waals surface area contributed by atoms with E-state index in [-0.39, 0.29) is 17.0 Å². The molecule has 10 heteroatoms. The number of amides is 1. The van der Waals surface area contributed by atoms with Crippen molar-refractivity contribution in [2.75, 3.05) is 46.5 Å². The number of benzene rings is 2. The first-order valence-corrected chi connectivity index (χ1v) is 11.4. The van der Waals surface area contributed by atoms with E-state index in [1.807, 2.05) is 0 Å². The van der Waals surface area contributed by atoms with E-state index in [0.29, 0.717) is 43.1 Å². The highest BCUT2D eigenvalue weighted by Crippen LogP contribution is 2.40. The molecule has 0 aromatic heterocycles. The zero-order valence-electron chi connectivity index (χ0n) is 19.4. The minimum atomic E-state index is -0.859. The normalized spacial score (nSPS) is 20.3. The molecule has 10 nitrogen and oxygen atoms in total. The molecule has 1 unspecified atom stereocenters. The van der Waals surface area contributed by atoms with E-state index < -0.39 is 22.7 Å². The maximum atomic E-state index is 13.1. The lowest BCUT2D eigenvalue weighted by Gasteiger charge is -2.29. The number of hydrogen-bond donors (Lipinski definition) is 1. The average molecular weight is 482 g/mol. The van der Waals surface area contributed by atoms with Crippen LogP contribution in [0.3, 0.4) is 0 Å². The van der Waals surface area contributed by atoms with Crippen LogP contribution in [0.5, 0.6) is 5.75 Å². The Morgan fingerprint density at radius 1 is 1.09 bits per heavy atom. The summed E-state index contributed by atoms with van der Waals surface area (Å²) < 4.78 is 10.5. The molecule has 2 aromatic carbocycles. The molecule has 184 valence electrons. The molecule has 2 saturated heterocycles. The number of morpholine rings is 1.